The van der Waals surface area contributed by atoms with Crippen molar-refractivity contribution in [2.24, 2.45) is 0 Å². The fourth-order valence-electron chi connectivity index (χ4n) is 8.13. The first-order valence-corrected chi connectivity index (χ1v) is 17.4. The van der Waals surface area contributed by atoms with Gasteiger partial charge in [-0.05, 0) is 76.9 Å². The molecule has 0 aliphatic rings. The normalized spacial score (nSPS) is 11.9. The molecule has 0 N–H and O–H groups in total. The Kier molecular flexibility index (Phi) is 5.96. The molecule has 0 radical (unpaired) electrons. The van der Waals surface area contributed by atoms with E-state index in [1.807, 2.05) is 12.1 Å². The largest absolute Gasteiger partial charge is 0.456 e. The number of rotatable bonds is 4. The molecule has 11 rings (SSSR count). The van der Waals surface area contributed by atoms with Crippen LogP contribution in [0.25, 0.3) is 99.2 Å². The van der Waals surface area contributed by atoms with Gasteiger partial charge in [-0.15, -0.1) is 0 Å². The van der Waals surface area contributed by atoms with Gasteiger partial charge < -0.3 is 13.6 Å². The van der Waals surface area contributed by atoms with Crippen molar-refractivity contribution < 1.29 is 4.42 Å². The summed E-state index contributed by atoms with van der Waals surface area (Å²) in [4.78, 5) is 0. The van der Waals surface area contributed by atoms with Crippen LogP contribution in [0.5, 0.6) is 0 Å². The van der Waals surface area contributed by atoms with Gasteiger partial charge in [0, 0.05) is 49.8 Å². The zero-order valence-corrected chi connectivity index (χ0v) is 27.6. The molecule has 0 saturated carbocycles. The van der Waals surface area contributed by atoms with Crippen molar-refractivity contribution in [1.82, 2.24) is 9.13 Å². The minimum Gasteiger partial charge on any atom is -0.456 e. The average molecular weight is 651 g/mol. The molecule has 0 amide bonds. The van der Waals surface area contributed by atoms with E-state index in [1.165, 1.54) is 60.3 Å². The second kappa shape index (κ2) is 10.8. The molecule has 0 aliphatic carbocycles. The van der Waals surface area contributed by atoms with Crippen LogP contribution in [-0.4, -0.2) is 9.13 Å². The van der Waals surface area contributed by atoms with Crippen molar-refractivity contribution in [1.29, 1.82) is 0 Å². The lowest BCUT2D eigenvalue weighted by Gasteiger charge is -2.12. The number of benzene rings is 8. The number of nitrogens with zero attached hydrogens (tertiary/aromatic N) is 2. The molecule has 0 aliphatic heterocycles. The molecule has 0 fully saturated rings. The lowest BCUT2D eigenvalue weighted by molar-refractivity contribution is 0.669. The summed E-state index contributed by atoms with van der Waals surface area (Å²) in [6, 6.07) is 65.5. The minimum absolute atomic E-state index is 0.899. The zero-order valence-electron chi connectivity index (χ0n) is 27.6. The molecule has 3 heterocycles. The highest BCUT2D eigenvalue weighted by Crippen LogP contribution is 2.40. The lowest BCUT2D eigenvalue weighted by Crippen LogP contribution is -1.95. The van der Waals surface area contributed by atoms with E-state index in [4.69, 9.17) is 4.42 Å². The number of fused-ring (bicyclic) bond motifs is 9. The smallest absolute Gasteiger partial charge is 0.137 e. The predicted molar refractivity (Wildman–Crippen MR) is 213 cm³/mol. The van der Waals surface area contributed by atoms with E-state index in [2.05, 4.69) is 179 Å². The first-order valence-electron chi connectivity index (χ1n) is 17.4. The monoisotopic (exact) mass is 650 g/mol. The summed E-state index contributed by atoms with van der Waals surface area (Å²) in [6.07, 6.45) is 0. The van der Waals surface area contributed by atoms with Crippen molar-refractivity contribution >= 4 is 65.6 Å². The molecule has 3 heteroatoms. The van der Waals surface area contributed by atoms with Gasteiger partial charge in [0.1, 0.15) is 11.2 Å². The molecule has 0 saturated heterocycles. The van der Waals surface area contributed by atoms with Crippen molar-refractivity contribution in [3.05, 3.63) is 182 Å². The maximum absolute atomic E-state index is 6.39. The van der Waals surface area contributed by atoms with E-state index in [0.717, 1.165) is 38.8 Å². The standard InChI is InChI=1S/C48H30N2O/c1-2-10-31(11-3-1)34-22-27-39-41-29-42-40-14-6-9-17-47(40)51-48(42)30-46(41)50(45(39)28-34)36-25-20-33(21-26-36)32-18-23-35(24-19-32)49-43-15-7-4-12-37(43)38-13-5-8-16-44(38)49/h1-30H. The Hall–Kier alpha value is -6.84. The number of hydrogen-bond acceptors (Lipinski definition) is 1. The Balaban J connectivity index is 1.04. The summed E-state index contributed by atoms with van der Waals surface area (Å²) in [7, 11) is 0. The van der Waals surface area contributed by atoms with Crippen LogP contribution < -0.4 is 0 Å². The molecule has 238 valence electrons. The van der Waals surface area contributed by atoms with E-state index in [-0.39, 0.29) is 0 Å². The number of furan rings is 1. The first kappa shape index (κ1) is 28.0. The second-order valence-corrected chi connectivity index (χ2v) is 13.4. The van der Waals surface area contributed by atoms with Crippen LogP contribution in [0.1, 0.15) is 0 Å². The van der Waals surface area contributed by atoms with Gasteiger partial charge >= 0.3 is 0 Å². The summed E-state index contributed by atoms with van der Waals surface area (Å²) in [5, 5.41) is 7.27. The second-order valence-electron chi connectivity index (χ2n) is 13.4. The van der Waals surface area contributed by atoms with Crippen LogP contribution in [0, 0.1) is 0 Å². The van der Waals surface area contributed by atoms with Crippen LogP contribution in [0.15, 0.2) is 186 Å². The molecule has 51 heavy (non-hydrogen) atoms. The van der Waals surface area contributed by atoms with Crippen LogP contribution in [0.3, 0.4) is 0 Å². The van der Waals surface area contributed by atoms with Gasteiger partial charge in [-0.1, -0.05) is 121 Å². The Morgan fingerprint density at radius 1 is 0.275 bits per heavy atom. The van der Waals surface area contributed by atoms with Gasteiger partial charge in [0.05, 0.1) is 22.1 Å². The predicted octanol–water partition coefficient (Wildman–Crippen LogP) is 13.1. The van der Waals surface area contributed by atoms with Crippen molar-refractivity contribution in [2.45, 2.75) is 0 Å². The lowest BCUT2D eigenvalue weighted by atomic mass is 10.0. The van der Waals surface area contributed by atoms with E-state index in [0.29, 0.717) is 0 Å². The summed E-state index contributed by atoms with van der Waals surface area (Å²) in [6.45, 7) is 0. The van der Waals surface area contributed by atoms with Crippen LogP contribution >= 0.6 is 0 Å². The molecule has 0 unspecified atom stereocenters. The van der Waals surface area contributed by atoms with Crippen molar-refractivity contribution in [3.8, 4) is 33.6 Å². The van der Waals surface area contributed by atoms with Gasteiger partial charge in [-0.2, -0.15) is 0 Å². The van der Waals surface area contributed by atoms with Crippen molar-refractivity contribution in [2.75, 3.05) is 0 Å². The number of aromatic nitrogens is 2. The average Bonchev–Trinajstić information content (AvgIpc) is 3.84. The Bertz CT molecular complexity index is 3050. The topological polar surface area (TPSA) is 23.0 Å². The Morgan fingerprint density at radius 3 is 1.43 bits per heavy atom. The molecule has 0 spiro atoms. The van der Waals surface area contributed by atoms with Gasteiger partial charge in [-0.3, -0.25) is 0 Å². The highest BCUT2D eigenvalue weighted by Gasteiger charge is 2.18. The van der Waals surface area contributed by atoms with E-state index in [1.54, 1.807) is 0 Å². The van der Waals surface area contributed by atoms with Gasteiger partial charge in [0.15, 0.2) is 0 Å². The maximum Gasteiger partial charge on any atom is 0.137 e. The third kappa shape index (κ3) is 4.25. The zero-order chi connectivity index (χ0) is 33.5. The summed E-state index contributed by atoms with van der Waals surface area (Å²) in [5.41, 5.74) is 13.6. The highest BCUT2D eigenvalue weighted by atomic mass is 16.3. The van der Waals surface area contributed by atoms with Gasteiger partial charge in [0.2, 0.25) is 0 Å². The van der Waals surface area contributed by atoms with Crippen LogP contribution in [0.2, 0.25) is 0 Å². The quantitative estimate of drug-likeness (QED) is 0.186. The maximum atomic E-state index is 6.39. The Labute approximate surface area is 293 Å². The third-order valence-corrected chi connectivity index (χ3v) is 10.5. The molecule has 3 aromatic heterocycles. The van der Waals surface area contributed by atoms with Gasteiger partial charge in [0.25, 0.3) is 0 Å². The fourth-order valence-corrected chi connectivity index (χ4v) is 8.13. The Morgan fingerprint density at radius 2 is 0.765 bits per heavy atom. The molecule has 3 nitrogen and oxygen atoms in total. The summed E-state index contributed by atoms with van der Waals surface area (Å²) < 4.78 is 11.1. The SMILES string of the molecule is c1ccc(-c2ccc3c4cc5c(cc4n(-c4ccc(-c6ccc(-n7c8ccccc8c8ccccc87)cc6)cc4)c3c2)oc2ccccc25)cc1. The molecule has 8 aromatic carbocycles. The van der Waals surface area contributed by atoms with Crippen LogP contribution in [0.4, 0.5) is 0 Å². The van der Waals surface area contributed by atoms with Gasteiger partial charge in [-0.25, -0.2) is 0 Å². The van der Waals surface area contributed by atoms with Crippen LogP contribution in [-0.2, 0) is 0 Å². The number of hydrogen-bond donors (Lipinski definition) is 0. The van der Waals surface area contributed by atoms with E-state index < -0.39 is 0 Å². The fraction of sp³-hybridized carbons (Fsp3) is 0. The number of para-hydroxylation sites is 3. The van der Waals surface area contributed by atoms with E-state index in [9.17, 15) is 0 Å². The molecular formula is C48H30N2O. The van der Waals surface area contributed by atoms with Crippen molar-refractivity contribution in [3.63, 3.8) is 0 Å². The summed E-state index contributed by atoms with van der Waals surface area (Å²) in [5.74, 6) is 0. The molecular weight excluding hydrogens is 621 g/mol. The molecule has 11 aromatic rings. The first-order chi connectivity index (χ1) is 25.3. The minimum atomic E-state index is 0.899. The summed E-state index contributed by atoms with van der Waals surface area (Å²) >= 11 is 0. The molecule has 0 atom stereocenters. The highest BCUT2D eigenvalue weighted by molar-refractivity contribution is 6.18. The molecule has 0 bridgehead atoms. The third-order valence-electron chi connectivity index (χ3n) is 10.5. The van der Waals surface area contributed by atoms with E-state index >= 15 is 0 Å².